The van der Waals surface area contributed by atoms with Crippen molar-refractivity contribution in [2.45, 2.75) is 104 Å². The highest BCUT2D eigenvalue weighted by atomic mass is 13.9. The predicted molar refractivity (Wildman–Crippen MR) is 94.3 cm³/mol. The van der Waals surface area contributed by atoms with Crippen LogP contribution in [0.5, 0.6) is 0 Å². The molecule has 0 nitrogen and oxygen atoms in total. The Morgan fingerprint density at radius 3 is 1.15 bits per heavy atom. The fourth-order valence-corrected chi connectivity index (χ4v) is 2.37. The minimum absolute atomic E-state index is 1.27. The fraction of sp³-hybridized carbons (Fsp3) is 0.800. The zero-order valence-electron chi connectivity index (χ0n) is 14.2. The van der Waals surface area contributed by atoms with E-state index in [1.807, 2.05) is 0 Å². The number of allylic oxidation sites excluding steroid dienone is 4. The van der Waals surface area contributed by atoms with E-state index < -0.39 is 0 Å². The van der Waals surface area contributed by atoms with Crippen LogP contribution < -0.4 is 0 Å². The molecule has 0 aromatic carbocycles. The quantitative estimate of drug-likeness (QED) is 0.214. The highest BCUT2D eigenvalue weighted by molar-refractivity contribution is 4.83. The van der Waals surface area contributed by atoms with Crippen molar-refractivity contribution < 1.29 is 0 Å². The average molecular weight is 279 g/mol. The summed E-state index contributed by atoms with van der Waals surface area (Å²) in [5.74, 6) is 0. The summed E-state index contributed by atoms with van der Waals surface area (Å²) in [6, 6.07) is 0. The number of unbranched alkanes of at least 4 members (excludes halogenated alkanes) is 11. The summed E-state index contributed by atoms with van der Waals surface area (Å²) in [5, 5.41) is 0. The van der Waals surface area contributed by atoms with Crippen LogP contribution in [-0.2, 0) is 0 Å². The Hall–Kier alpha value is -0.520. The van der Waals surface area contributed by atoms with E-state index in [0.29, 0.717) is 0 Å². The number of hydrogen-bond donors (Lipinski definition) is 0. The van der Waals surface area contributed by atoms with Crippen molar-refractivity contribution in [1.29, 1.82) is 0 Å². The van der Waals surface area contributed by atoms with Crippen LogP contribution in [0.1, 0.15) is 104 Å². The maximum absolute atomic E-state index is 2.40. The maximum atomic E-state index is 2.40. The second-order valence-electron chi connectivity index (χ2n) is 5.93. The zero-order valence-corrected chi connectivity index (χ0v) is 14.2. The largest absolute Gasteiger partial charge is 0.0885 e. The number of rotatable bonds is 15. The van der Waals surface area contributed by atoms with Gasteiger partial charge in [0, 0.05) is 0 Å². The van der Waals surface area contributed by atoms with E-state index in [2.05, 4.69) is 38.2 Å². The van der Waals surface area contributed by atoms with Crippen molar-refractivity contribution in [3.05, 3.63) is 24.3 Å². The second kappa shape index (κ2) is 18.5. The smallest absolute Gasteiger partial charge is 0.0351 e. The molecule has 0 saturated carbocycles. The molecular formula is C20H38. The summed E-state index contributed by atoms with van der Waals surface area (Å²) in [6.45, 7) is 4.54. The van der Waals surface area contributed by atoms with Gasteiger partial charge in [0.2, 0.25) is 0 Å². The summed E-state index contributed by atoms with van der Waals surface area (Å²) < 4.78 is 0. The van der Waals surface area contributed by atoms with Gasteiger partial charge in [-0.05, 0) is 51.4 Å². The molecule has 0 fully saturated rings. The highest BCUT2D eigenvalue weighted by Crippen LogP contribution is 2.07. The Balaban J connectivity index is 3.11. The third kappa shape index (κ3) is 17.5. The molecule has 0 spiro atoms. The molecule has 118 valence electrons. The summed E-state index contributed by atoms with van der Waals surface area (Å²) in [4.78, 5) is 0. The van der Waals surface area contributed by atoms with Crippen molar-refractivity contribution in [3.63, 3.8) is 0 Å². The molecule has 0 aromatic heterocycles. The molecule has 0 amide bonds. The van der Waals surface area contributed by atoms with Crippen molar-refractivity contribution in [2.75, 3.05) is 0 Å². The molecule has 0 aliphatic rings. The van der Waals surface area contributed by atoms with E-state index in [1.165, 1.54) is 89.9 Å². The normalized spacial score (nSPS) is 11.9. The van der Waals surface area contributed by atoms with Gasteiger partial charge in [-0.25, -0.2) is 0 Å². The Bertz CT molecular complexity index is 212. The van der Waals surface area contributed by atoms with Gasteiger partial charge in [0.25, 0.3) is 0 Å². The Morgan fingerprint density at radius 1 is 0.400 bits per heavy atom. The van der Waals surface area contributed by atoms with Gasteiger partial charge < -0.3 is 0 Å². The average Bonchev–Trinajstić information content (AvgIpc) is 2.47. The first-order chi connectivity index (χ1) is 9.91. The lowest BCUT2D eigenvalue weighted by Gasteiger charge is -1.96. The summed E-state index contributed by atoms with van der Waals surface area (Å²) >= 11 is 0. The van der Waals surface area contributed by atoms with Crippen molar-refractivity contribution >= 4 is 0 Å². The van der Waals surface area contributed by atoms with Gasteiger partial charge in [-0.15, -0.1) is 0 Å². The molecule has 0 aliphatic heterocycles. The van der Waals surface area contributed by atoms with Gasteiger partial charge in [0.05, 0.1) is 0 Å². The molecule has 0 unspecified atom stereocenters. The molecule has 0 rings (SSSR count). The lowest BCUT2D eigenvalue weighted by Crippen LogP contribution is -1.77. The second-order valence-corrected chi connectivity index (χ2v) is 5.93. The Morgan fingerprint density at radius 2 is 0.700 bits per heavy atom. The lowest BCUT2D eigenvalue weighted by atomic mass is 10.1. The molecule has 0 aromatic rings. The van der Waals surface area contributed by atoms with E-state index in [1.54, 1.807) is 0 Å². The molecule has 0 heteroatoms. The fourth-order valence-electron chi connectivity index (χ4n) is 2.37. The van der Waals surface area contributed by atoms with Crippen LogP contribution in [0.25, 0.3) is 0 Å². The molecule has 0 radical (unpaired) electrons. The van der Waals surface area contributed by atoms with E-state index in [9.17, 15) is 0 Å². The van der Waals surface area contributed by atoms with Gasteiger partial charge in [0.1, 0.15) is 0 Å². The van der Waals surface area contributed by atoms with Crippen molar-refractivity contribution in [1.82, 2.24) is 0 Å². The lowest BCUT2D eigenvalue weighted by molar-refractivity contribution is 0.636. The molecule has 0 heterocycles. The predicted octanol–water partition coefficient (Wildman–Crippen LogP) is 7.60. The SMILES string of the molecule is CCCCC/C=C\CCCC/C=C\CCCCCCC. The van der Waals surface area contributed by atoms with E-state index in [4.69, 9.17) is 0 Å². The molecule has 20 heavy (non-hydrogen) atoms. The van der Waals surface area contributed by atoms with Gasteiger partial charge >= 0.3 is 0 Å². The molecule has 0 atom stereocenters. The van der Waals surface area contributed by atoms with E-state index in [-0.39, 0.29) is 0 Å². The summed E-state index contributed by atoms with van der Waals surface area (Å²) in [5.41, 5.74) is 0. The van der Waals surface area contributed by atoms with E-state index >= 15 is 0 Å². The first-order valence-corrected chi connectivity index (χ1v) is 9.21. The van der Waals surface area contributed by atoms with Crippen molar-refractivity contribution in [2.24, 2.45) is 0 Å². The van der Waals surface area contributed by atoms with Crippen molar-refractivity contribution in [3.8, 4) is 0 Å². The summed E-state index contributed by atoms with van der Waals surface area (Å²) in [6.07, 6.45) is 28.5. The van der Waals surface area contributed by atoms with Crippen LogP contribution in [-0.4, -0.2) is 0 Å². The monoisotopic (exact) mass is 278 g/mol. The first kappa shape index (κ1) is 19.5. The summed E-state index contributed by atoms with van der Waals surface area (Å²) in [7, 11) is 0. The molecule has 0 bridgehead atoms. The van der Waals surface area contributed by atoms with Gasteiger partial charge in [0.15, 0.2) is 0 Å². The zero-order chi connectivity index (χ0) is 14.7. The molecule has 0 N–H and O–H groups in total. The third-order valence-electron chi connectivity index (χ3n) is 3.77. The molecule has 0 aliphatic carbocycles. The van der Waals surface area contributed by atoms with Crippen LogP contribution in [0.15, 0.2) is 24.3 Å². The number of hydrogen-bond acceptors (Lipinski definition) is 0. The highest BCUT2D eigenvalue weighted by Gasteiger charge is 1.87. The van der Waals surface area contributed by atoms with E-state index in [0.717, 1.165) is 0 Å². The van der Waals surface area contributed by atoms with Crippen LogP contribution >= 0.6 is 0 Å². The van der Waals surface area contributed by atoms with Crippen LogP contribution in [0.2, 0.25) is 0 Å². The Labute approximate surface area is 128 Å². The van der Waals surface area contributed by atoms with Gasteiger partial charge in [-0.3, -0.25) is 0 Å². The minimum atomic E-state index is 1.27. The minimum Gasteiger partial charge on any atom is -0.0885 e. The Kier molecular flexibility index (Phi) is 18.0. The maximum Gasteiger partial charge on any atom is -0.0351 e. The van der Waals surface area contributed by atoms with Gasteiger partial charge in [-0.2, -0.15) is 0 Å². The topological polar surface area (TPSA) is 0 Å². The first-order valence-electron chi connectivity index (χ1n) is 9.21. The standard InChI is InChI=1S/C20H38/c1-3-5-7-9-11-13-15-17-19-20-18-16-14-12-10-8-6-4-2/h11,13,16,18H,3-10,12,14-15,17,19-20H2,1-2H3/b13-11-,18-16-. The van der Waals surface area contributed by atoms with Crippen LogP contribution in [0.3, 0.4) is 0 Å². The molecular weight excluding hydrogens is 240 g/mol. The third-order valence-corrected chi connectivity index (χ3v) is 3.77. The van der Waals surface area contributed by atoms with Gasteiger partial charge in [-0.1, -0.05) is 76.7 Å². The molecule has 0 saturated heterocycles. The van der Waals surface area contributed by atoms with Crippen LogP contribution in [0.4, 0.5) is 0 Å². The van der Waals surface area contributed by atoms with Crippen LogP contribution in [0, 0.1) is 0 Å².